The Morgan fingerprint density at radius 2 is 1.69 bits per heavy atom. The molecular weight excluding hydrogens is 466 g/mol. The maximum absolute atomic E-state index is 12.9. The van der Waals surface area contributed by atoms with Crippen LogP contribution >= 0.6 is 11.6 Å². The highest BCUT2D eigenvalue weighted by molar-refractivity contribution is 6.30. The molecule has 0 bridgehead atoms. The average Bonchev–Trinajstić information content (AvgIpc) is 2.75. The number of alkyl carbamates (subject to hydrolysis) is 1. The maximum atomic E-state index is 12.9. The number of hydrogen-bond donors (Lipinski definition) is 1. The van der Waals surface area contributed by atoms with E-state index < -0.39 is 22.6 Å². The fourth-order valence-corrected chi connectivity index (χ4v) is 4.97. The molecular formula is C28H36ClNO5. The number of carbonyl (C=O) groups excluding carboxylic acids is 2. The molecule has 0 aliphatic heterocycles. The van der Waals surface area contributed by atoms with E-state index >= 15 is 0 Å². The fraction of sp³-hybridized carbons (Fsp3) is 0.500. The number of halogens is 1. The average molecular weight is 502 g/mol. The van der Waals surface area contributed by atoms with Gasteiger partial charge in [0.05, 0.1) is 18.6 Å². The lowest BCUT2D eigenvalue weighted by atomic mass is 9.55. The second-order valence-electron chi connectivity index (χ2n) is 10.3. The molecule has 0 unspecified atom stereocenters. The number of ether oxygens (including phenoxy) is 3. The second kappa shape index (κ2) is 11.0. The Bertz CT molecular complexity index is 1020. The predicted molar refractivity (Wildman–Crippen MR) is 137 cm³/mol. The van der Waals surface area contributed by atoms with Crippen molar-refractivity contribution in [2.75, 3.05) is 19.8 Å². The van der Waals surface area contributed by atoms with E-state index in [2.05, 4.69) is 5.32 Å². The Kier molecular flexibility index (Phi) is 8.50. The van der Waals surface area contributed by atoms with E-state index in [4.69, 9.17) is 25.8 Å². The molecule has 1 saturated carbocycles. The summed E-state index contributed by atoms with van der Waals surface area (Å²) in [6.07, 6.45) is 0.874. The normalized spacial score (nSPS) is 21.7. The summed E-state index contributed by atoms with van der Waals surface area (Å²) < 4.78 is 16.6. The molecule has 0 aromatic heterocycles. The molecule has 1 aliphatic rings. The lowest BCUT2D eigenvalue weighted by Crippen LogP contribution is -2.67. The fourth-order valence-electron chi connectivity index (χ4n) is 4.78. The molecule has 1 N–H and O–H groups in total. The van der Waals surface area contributed by atoms with Crippen LogP contribution in [-0.4, -0.2) is 43.0 Å². The van der Waals surface area contributed by atoms with Crippen molar-refractivity contribution in [3.8, 4) is 11.1 Å². The van der Waals surface area contributed by atoms with Crippen LogP contribution in [0.4, 0.5) is 4.79 Å². The van der Waals surface area contributed by atoms with Crippen molar-refractivity contribution in [1.29, 1.82) is 0 Å². The molecule has 3 rings (SSSR count). The van der Waals surface area contributed by atoms with Gasteiger partial charge in [0, 0.05) is 17.2 Å². The van der Waals surface area contributed by atoms with Crippen molar-refractivity contribution in [3.05, 3.63) is 59.1 Å². The summed E-state index contributed by atoms with van der Waals surface area (Å²) in [6.45, 7) is 10.2. The minimum absolute atomic E-state index is 0.258. The van der Waals surface area contributed by atoms with Crippen molar-refractivity contribution in [2.24, 2.45) is 5.41 Å². The molecule has 1 amide bonds. The third kappa shape index (κ3) is 6.98. The SMILES string of the molecule is CCOC[C@]1(C(=O)OCC)C[C@](Cc2ccc(-c3cccc(Cl)c3)cc2)(NC(=O)OC(C)(C)C)C1. The highest BCUT2D eigenvalue weighted by atomic mass is 35.5. The zero-order valence-electron chi connectivity index (χ0n) is 21.3. The molecule has 35 heavy (non-hydrogen) atoms. The Labute approximate surface area is 213 Å². The summed E-state index contributed by atoms with van der Waals surface area (Å²) in [5.41, 5.74) is 1.06. The first-order chi connectivity index (χ1) is 16.5. The molecule has 2 aromatic carbocycles. The highest BCUT2D eigenvalue weighted by Gasteiger charge is 2.60. The minimum atomic E-state index is -0.790. The molecule has 0 heterocycles. The summed E-state index contributed by atoms with van der Waals surface area (Å²) in [7, 11) is 0. The molecule has 0 spiro atoms. The maximum Gasteiger partial charge on any atom is 0.408 e. The molecule has 190 valence electrons. The number of rotatable bonds is 9. The van der Waals surface area contributed by atoms with E-state index in [1.165, 1.54) is 0 Å². The smallest absolute Gasteiger partial charge is 0.408 e. The first-order valence-corrected chi connectivity index (χ1v) is 12.5. The van der Waals surface area contributed by atoms with Crippen LogP contribution in [0.1, 0.15) is 53.0 Å². The van der Waals surface area contributed by atoms with Gasteiger partial charge in [0.1, 0.15) is 5.60 Å². The summed E-state index contributed by atoms with van der Waals surface area (Å²) in [5, 5.41) is 3.76. The number of carbonyl (C=O) groups is 2. The van der Waals surface area contributed by atoms with Crippen molar-refractivity contribution in [2.45, 2.75) is 65.0 Å². The number of hydrogen-bond acceptors (Lipinski definition) is 5. The number of amides is 1. The molecule has 6 nitrogen and oxygen atoms in total. The summed E-state index contributed by atoms with van der Waals surface area (Å²) in [5.74, 6) is -0.286. The van der Waals surface area contributed by atoms with Crippen LogP contribution in [0.15, 0.2) is 48.5 Å². The zero-order chi connectivity index (χ0) is 25.7. The van der Waals surface area contributed by atoms with Gasteiger partial charge in [0.15, 0.2) is 0 Å². The minimum Gasteiger partial charge on any atom is -0.465 e. The standard InChI is InChI=1S/C28H36ClNO5/c1-6-33-19-27(24(31)34-7-2)17-28(18-27,30-25(32)35-26(3,4)5)16-20-11-13-21(14-12-20)22-9-8-10-23(29)15-22/h8-15H,6-7,16-19H2,1-5H3,(H,30,32)/t27-,28-. The monoisotopic (exact) mass is 501 g/mol. The van der Waals surface area contributed by atoms with E-state index in [0.29, 0.717) is 37.5 Å². The molecule has 7 heteroatoms. The van der Waals surface area contributed by atoms with Crippen molar-refractivity contribution in [3.63, 3.8) is 0 Å². The van der Waals surface area contributed by atoms with E-state index in [1.807, 2.05) is 76.2 Å². The molecule has 1 fully saturated rings. The third-order valence-corrected chi connectivity index (χ3v) is 6.30. The van der Waals surface area contributed by atoms with E-state index in [0.717, 1.165) is 16.7 Å². The Morgan fingerprint density at radius 1 is 1.00 bits per heavy atom. The third-order valence-electron chi connectivity index (χ3n) is 6.06. The lowest BCUT2D eigenvalue weighted by molar-refractivity contribution is -0.175. The summed E-state index contributed by atoms with van der Waals surface area (Å²) in [6, 6.07) is 15.9. The topological polar surface area (TPSA) is 73.9 Å². The summed E-state index contributed by atoms with van der Waals surface area (Å²) in [4.78, 5) is 25.6. The van der Waals surface area contributed by atoms with Gasteiger partial charge in [0.2, 0.25) is 0 Å². The Morgan fingerprint density at radius 3 is 2.26 bits per heavy atom. The van der Waals surface area contributed by atoms with Gasteiger partial charge < -0.3 is 19.5 Å². The first kappa shape index (κ1) is 27.0. The molecule has 2 aromatic rings. The van der Waals surface area contributed by atoms with Gasteiger partial charge in [-0.25, -0.2) is 4.79 Å². The Balaban J connectivity index is 1.84. The molecule has 0 saturated heterocycles. The lowest BCUT2D eigenvalue weighted by Gasteiger charge is -2.54. The first-order valence-electron chi connectivity index (χ1n) is 12.1. The van der Waals surface area contributed by atoms with Gasteiger partial charge in [-0.3, -0.25) is 4.79 Å². The van der Waals surface area contributed by atoms with Gasteiger partial charge in [-0.1, -0.05) is 48.0 Å². The van der Waals surface area contributed by atoms with Crippen LogP contribution in [0.2, 0.25) is 5.02 Å². The quantitative estimate of drug-likeness (QED) is 0.414. The van der Waals surface area contributed by atoms with Gasteiger partial charge >= 0.3 is 12.1 Å². The largest absolute Gasteiger partial charge is 0.465 e. The molecule has 0 atom stereocenters. The summed E-state index contributed by atoms with van der Waals surface area (Å²) >= 11 is 6.14. The van der Waals surface area contributed by atoms with Crippen LogP contribution in [0.25, 0.3) is 11.1 Å². The number of benzene rings is 2. The van der Waals surface area contributed by atoms with Crippen LogP contribution < -0.4 is 5.32 Å². The second-order valence-corrected chi connectivity index (χ2v) is 10.7. The zero-order valence-corrected chi connectivity index (χ0v) is 22.0. The van der Waals surface area contributed by atoms with Crippen molar-refractivity contribution >= 4 is 23.7 Å². The van der Waals surface area contributed by atoms with Gasteiger partial charge in [-0.05, 0) is 82.7 Å². The van der Waals surface area contributed by atoms with Gasteiger partial charge in [-0.2, -0.15) is 0 Å². The van der Waals surface area contributed by atoms with Crippen LogP contribution in [0.3, 0.4) is 0 Å². The van der Waals surface area contributed by atoms with Crippen LogP contribution in [0, 0.1) is 5.41 Å². The molecule has 0 radical (unpaired) electrons. The van der Waals surface area contributed by atoms with Crippen molar-refractivity contribution < 1.29 is 23.8 Å². The van der Waals surface area contributed by atoms with E-state index in [1.54, 1.807) is 6.92 Å². The Hall–Kier alpha value is -2.57. The van der Waals surface area contributed by atoms with Crippen LogP contribution in [0.5, 0.6) is 0 Å². The van der Waals surface area contributed by atoms with E-state index in [-0.39, 0.29) is 12.6 Å². The predicted octanol–water partition coefficient (Wildman–Crippen LogP) is 6.19. The van der Waals surface area contributed by atoms with Gasteiger partial charge in [-0.15, -0.1) is 0 Å². The molecule has 1 aliphatic carbocycles. The van der Waals surface area contributed by atoms with Gasteiger partial charge in [0.25, 0.3) is 0 Å². The van der Waals surface area contributed by atoms with Crippen LogP contribution in [-0.2, 0) is 25.4 Å². The highest BCUT2D eigenvalue weighted by Crippen LogP contribution is 2.51. The van der Waals surface area contributed by atoms with Crippen molar-refractivity contribution in [1.82, 2.24) is 5.32 Å². The number of esters is 1. The van der Waals surface area contributed by atoms with E-state index in [9.17, 15) is 9.59 Å². The number of nitrogens with one attached hydrogen (secondary N) is 1.